The van der Waals surface area contributed by atoms with Crippen LogP contribution in [0.25, 0.3) is 0 Å². The van der Waals surface area contributed by atoms with Gasteiger partial charge in [0.2, 0.25) is 5.91 Å². The molecule has 0 radical (unpaired) electrons. The Bertz CT molecular complexity index is 220. The van der Waals surface area contributed by atoms with Crippen molar-refractivity contribution in [1.29, 1.82) is 0 Å². The van der Waals surface area contributed by atoms with Crippen LogP contribution in [0.15, 0.2) is 0 Å². The number of carbonyl (C=O) groups excluding carboxylic acids is 1. The molecular weight excluding hydrogens is 212 g/mol. The van der Waals surface area contributed by atoms with E-state index in [-0.39, 0.29) is 17.9 Å². The Morgan fingerprint density at radius 3 is 2.35 bits per heavy atom. The zero-order valence-electron chi connectivity index (χ0n) is 11.4. The second kappa shape index (κ2) is 7.70. The Kier molecular flexibility index (Phi) is 6.56. The predicted octanol–water partition coefficient (Wildman–Crippen LogP) is 2.45. The molecule has 17 heavy (non-hydrogen) atoms. The summed E-state index contributed by atoms with van der Waals surface area (Å²) < 4.78 is 0. The average molecular weight is 240 g/mol. The quantitative estimate of drug-likeness (QED) is 0.725. The minimum atomic E-state index is 0.102. The fraction of sp³-hybridized carbons (Fsp3) is 0.929. The van der Waals surface area contributed by atoms with E-state index >= 15 is 0 Å². The van der Waals surface area contributed by atoms with Gasteiger partial charge in [0.25, 0.3) is 0 Å². The van der Waals surface area contributed by atoms with Crippen molar-refractivity contribution < 1.29 is 4.79 Å². The summed E-state index contributed by atoms with van der Waals surface area (Å²) in [5.41, 5.74) is 5.97. The van der Waals surface area contributed by atoms with Gasteiger partial charge in [0.05, 0.1) is 0 Å². The first-order valence-corrected chi connectivity index (χ1v) is 7.13. The average Bonchev–Trinajstić information content (AvgIpc) is 2.53. The number of hydrogen-bond donors (Lipinski definition) is 2. The molecule has 3 nitrogen and oxygen atoms in total. The SMILES string of the molecule is CC(C)CC(N)CNC(=O)C1CCCCCC1. The smallest absolute Gasteiger partial charge is 0.223 e. The third-order valence-corrected chi connectivity index (χ3v) is 3.54. The van der Waals surface area contributed by atoms with E-state index in [0.29, 0.717) is 12.5 Å². The van der Waals surface area contributed by atoms with Gasteiger partial charge in [0, 0.05) is 18.5 Å². The van der Waals surface area contributed by atoms with E-state index in [1.165, 1.54) is 25.7 Å². The Morgan fingerprint density at radius 1 is 1.24 bits per heavy atom. The summed E-state index contributed by atoms with van der Waals surface area (Å²) in [7, 11) is 0. The molecule has 1 saturated carbocycles. The zero-order chi connectivity index (χ0) is 12.7. The van der Waals surface area contributed by atoms with E-state index in [0.717, 1.165) is 19.3 Å². The van der Waals surface area contributed by atoms with Crippen molar-refractivity contribution in [3.8, 4) is 0 Å². The number of rotatable bonds is 5. The minimum absolute atomic E-state index is 0.102. The van der Waals surface area contributed by atoms with Gasteiger partial charge in [-0.2, -0.15) is 0 Å². The van der Waals surface area contributed by atoms with Gasteiger partial charge >= 0.3 is 0 Å². The van der Waals surface area contributed by atoms with Gasteiger partial charge in [0.1, 0.15) is 0 Å². The second-order valence-electron chi connectivity index (χ2n) is 5.82. The standard InChI is InChI=1S/C14H28N2O/c1-11(2)9-13(15)10-16-14(17)12-7-5-3-4-6-8-12/h11-13H,3-10,15H2,1-2H3,(H,16,17). The molecule has 0 bridgehead atoms. The molecule has 3 heteroatoms. The molecule has 100 valence electrons. The summed E-state index contributed by atoms with van der Waals surface area (Å²) >= 11 is 0. The van der Waals surface area contributed by atoms with Crippen LogP contribution in [0.2, 0.25) is 0 Å². The molecular formula is C14H28N2O. The Hall–Kier alpha value is -0.570. The summed E-state index contributed by atoms with van der Waals surface area (Å²) in [6.45, 7) is 4.95. The third-order valence-electron chi connectivity index (χ3n) is 3.54. The van der Waals surface area contributed by atoms with E-state index in [9.17, 15) is 4.79 Å². The molecule has 1 amide bonds. The molecule has 1 aliphatic rings. The maximum atomic E-state index is 12.0. The van der Waals surface area contributed by atoms with Crippen LogP contribution in [0.5, 0.6) is 0 Å². The maximum Gasteiger partial charge on any atom is 0.223 e. The molecule has 1 aliphatic carbocycles. The van der Waals surface area contributed by atoms with Crippen LogP contribution in [0.1, 0.15) is 58.8 Å². The molecule has 0 aromatic heterocycles. The number of nitrogens with two attached hydrogens (primary N) is 1. The van der Waals surface area contributed by atoms with Gasteiger partial charge < -0.3 is 11.1 Å². The highest BCUT2D eigenvalue weighted by Gasteiger charge is 2.20. The van der Waals surface area contributed by atoms with Crippen LogP contribution >= 0.6 is 0 Å². The molecule has 1 atom stereocenters. The summed E-state index contributed by atoms with van der Waals surface area (Å²) in [5, 5.41) is 3.02. The van der Waals surface area contributed by atoms with Crippen molar-refractivity contribution in [3.63, 3.8) is 0 Å². The first kappa shape index (κ1) is 14.5. The zero-order valence-corrected chi connectivity index (χ0v) is 11.4. The van der Waals surface area contributed by atoms with Gasteiger partial charge in [0.15, 0.2) is 0 Å². The van der Waals surface area contributed by atoms with Crippen LogP contribution in [0, 0.1) is 11.8 Å². The molecule has 0 heterocycles. The third kappa shape index (κ3) is 6.06. The lowest BCUT2D eigenvalue weighted by Gasteiger charge is -2.18. The second-order valence-corrected chi connectivity index (χ2v) is 5.82. The highest BCUT2D eigenvalue weighted by Crippen LogP contribution is 2.22. The van der Waals surface area contributed by atoms with Gasteiger partial charge in [-0.3, -0.25) is 4.79 Å². The van der Waals surface area contributed by atoms with E-state index in [2.05, 4.69) is 19.2 Å². The summed E-state index contributed by atoms with van der Waals surface area (Å²) in [6.07, 6.45) is 8.08. The van der Waals surface area contributed by atoms with Crippen molar-refractivity contribution in [1.82, 2.24) is 5.32 Å². The number of nitrogens with one attached hydrogen (secondary N) is 1. The normalized spacial score (nSPS) is 20.0. The molecule has 0 spiro atoms. The molecule has 1 rings (SSSR count). The Balaban J connectivity index is 2.23. The van der Waals surface area contributed by atoms with E-state index in [1.807, 2.05) is 0 Å². The fourth-order valence-corrected chi connectivity index (χ4v) is 2.61. The molecule has 0 aromatic rings. The Morgan fingerprint density at radius 2 is 1.82 bits per heavy atom. The Labute approximate surface area is 106 Å². The summed E-state index contributed by atoms with van der Waals surface area (Å²) in [6, 6.07) is 0.102. The van der Waals surface area contributed by atoms with E-state index in [4.69, 9.17) is 5.73 Å². The lowest BCUT2D eigenvalue weighted by Crippen LogP contribution is -2.40. The first-order chi connectivity index (χ1) is 8.09. The number of hydrogen-bond acceptors (Lipinski definition) is 2. The van der Waals surface area contributed by atoms with Gasteiger partial charge in [-0.05, 0) is 25.2 Å². The van der Waals surface area contributed by atoms with Crippen molar-refractivity contribution in [3.05, 3.63) is 0 Å². The van der Waals surface area contributed by atoms with E-state index in [1.54, 1.807) is 0 Å². The lowest BCUT2D eigenvalue weighted by atomic mass is 9.99. The molecule has 0 saturated heterocycles. The van der Waals surface area contributed by atoms with Crippen molar-refractivity contribution in [2.75, 3.05) is 6.54 Å². The van der Waals surface area contributed by atoms with Crippen LogP contribution in [-0.2, 0) is 4.79 Å². The van der Waals surface area contributed by atoms with Crippen LogP contribution in [-0.4, -0.2) is 18.5 Å². The van der Waals surface area contributed by atoms with Crippen LogP contribution in [0.3, 0.4) is 0 Å². The monoisotopic (exact) mass is 240 g/mol. The van der Waals surface area contributed by atoms with Gasteiger partial charge in [-0.15, -0.1) is 0 Å². The molecule has 0 aromatic carbocycles. The van der Waals surface area contributed by atoms with Crippen molar-refractivity contribution in [2.24, 2.45) is 17.6 Å². The van der Waals surface area contributed by atoms with Gasteiger partial charge in [-0.1, -0.05) is 39.5 Å². The maximum absolute atomic E-state index is 12.0. The molecule has 1 fully saturated rings. The molecule has 1 unspecified atom stereocenters. The van der Waals surface area contributed by atoms with Crippen LogP contribution in [0.4, 0.5) is 0 Å². The highest BCUT2D eigenvalue weighted by molar-refractivity contribution is 5.78. The number of carbonyl (C=O) groups is 1. The van der Waals surface area contributed by atoms with Crippen molar-refractivity contribution in [2.45, 2.75) is 64.8 Å². The van der Waals surface area contributed by atoms with E-state index < -0.39 is 0 Å². The summed E-state index contributed by atoms with van der Waals surface area (Å²) in [5.74, 6) is 1.06. The van der Waals surface area contributed by atoms with Crippen LogP contribution < -0.4 is 11.1 Å². The lowest BCUT2D eigenvalue weighted by molar-refractivity contribution is -0.125. The molecule has 0 aliphatic heterocycles. The van der Waals surface area contributed by atoms with Gasteiger partial charge in [-0.25, -0.2) is 0 Å². The predicted molar refractivity (Wildman–Crippen MR) is 71.6 cm³/mol. The highest BCUT2D eigenvalue weighted by atomic mass is 16.1. The fourth-order valence-electron chi connectivity index (χ4n) is 2.61. The first-order valence-electron chi connectivity index (χ1n) is 7.13. The largest absolute Gasteiger partial charge is 0.354 e. The number of amides is 1. The molecule has 3 N–H and O–H groups in total. The topological polar surface area (TPSA) is 55.1 Å². The summed E-state index contributed by atoms with van der Waals surface area (Å²) in [4.78, 5) is 12.0. The minimum Gasteiger partial charge on any atom is -0.354 e. The van der Waals surface area contributed by atoms with Crippen molar-refractivity contribution >= 4 is 5.91 Å².